The van der Waals surface area contributed by atoms with E-state index in [4.69, 9.17) is 4.74 Å². The van der Waals surface area contributed by atoms with Crippen LogP contribution in [0.3, 0.4) is 0 Å². The monoisotopic (exact) mass is 262 g/mol. The van der Waals surface area contributed by atoms with E-state index < -0.39 is 0 Å². The quantitative estimate of drug-likeness (QED) is 0.728. The van der Waals surface area contributed by atoms with Gasteiger partial charge in [0.05, 0.1) is 25.3 Å². The van der Waals surface area contributed by atoms with Gasteiger partial charge in [0.1, 0.15) is 0 Å². The van der Waals surface area contributed by atoms with E-state index in [2.05, 4.69) is 10.4 Å². The molecule has 2 aromatic rings. The molecule has 100 valence electrons. The average Bonchev–Trinajstić information content (AvgIpc) is 2.79. The van der Waals surface area contributed by atoms with Crippen molar-refractivity contribution < 1.29 is 9.53 Å². The summed E-state index contributed by atoms with van der Waals surface area (Å²) in [5, 5.41) is 7.51. The van der Waals surface area contributed by atoms with Crippen molar-refractivity contribution in [1.29, 1.82) is 0 Å². The number of ether oxygens (including phenoxy) is 1. The van der Waals surface area contributed by atoms with Gasteiger partial charge in [-0.05, 0) is 29.5 Å². The molecule has 0 bridgehead atoms. The minimum Gasteiger partial charge on any atom is -0.466 e. The van der Waals surface area contributed by atoms with Crippen LogP contribution in [0, 0.1) is 0 Å². The number of aryl methyl sites for hydroxylation is 1. The fraction of sp³-hybridized carbons (Fsp3) is 0.333. The maximum absolute atomic E-state index is 12.0. The smallest absolute Gasteiger partial charge is 0.368 e. The highest BCUT2D eigenvalue weighted by molar-refractivity contribution is 5.69. The van der Waals surface area contributed by atoms with E-state index in [1.54, 1.807) is 31.2 Å². The zero-order chi connectivity index (χ0) is 13.7. The molecule has 0 N–H and O–H groups in total. The molecule has 0 amide bonds. The van der Waals surface area contributed by atoms with E-state index in [1.807, 2.05) is 6.07 Å². The summed E-state index contributed by atoms with van der Waals surface area (Å²) >= 11 is 0. The van der Waals surface area contributed by atoms with Crippen LogP contribution in [0.5, 0.6) is 0 Å². The van der Waals surface area contributed by atoms with Gasteiger partial charge in [0.2, 0.25) is 0 Å². The molecule has 1 aromatic heterocycles. The van der Waals surface area contributed by atoms with Gasteiger partial charge in [-0.25, -0.2) is 4.79 Å². The second kappa shape index (κ2) is 5.94. The highest BCUT2D eigenvalue weighted by Crippen LogP contribution is 2.00. The third-order valence-electron chi connectivity index (χ3n) is 2.47. The van der Waals surface area contributed by atoms with Gasteiger partial charge >= 0.3 is 11.7 Å². The van der Waals surface area contributed by atoms with E-state index >= 15 is 0 Å². The van der Waals surface area contributed by atoms with Crippen molar-refractivity contribution in [3.8, 4) is 5.69 Å². The van der Waals surface area contributed by atoms with Crippen molar-refractivity contribution in [3.63, 3.8) is 0 Å². The first-order chi connectivity index (χ1) is 9.22. The number of benzene rings is 1. The van der Waals surface area contributed by atoms with Crippen LogP contribution in [0.4, 0.5) is 0 Å². The summed E-state index contributed by atoms with van der Waals surface area (Å²) in [5.74, 6) is -0.358. The van der Waals surface area contributed by atoms with Crippen molar-refractivity contribution in [2.24, 2.45) is 0 Å². The lowest BCUT2D eigenvalue weighted by Gasteiger charge is -2.00. The Balaban J connectivity index is 2.11. The van der Waals surface area contributed by atoms with Crippen molar-refractivity contribution in [1.82, 2.24) is 19.8 Å². The minimum absolute atomic E-state index is 0.0984. The molecule has 7 heteroatoms. The Kier molecular flexibility index (Phi) is 4.07. The lowest BCUT2D eigenvalue weighted by Crippen LogP contribution is -2.25. The first-order valence-electron chi connectivity index (χ1n) is 5.96. The van der Waals surface area contributed by atoms with E-state index in [-0.39, 0.29) is 24.6 Å². The molecular formula is C12H14N4O3. The SMILES string of the molecule is CCOC(=O)CCn1nnn(-c2ccccc2)c1=O. The number of hydrogen-bond donors (Lipinski definition) is 0. The summed E-state index contributed by atoms with van der Waals surface area (Å²) in [7, 11) is 0. The number of tetrazole rings is 1. The Bertz CT molecular complexity index is 603. The highest BCUT2D eigenvalue weighted by atomic mass is 16.5. The summed E-state index contributed by atoms with van der Waals surface area (Å²) in [4.78, 5) is 23.2. The summed E-state index contributed by atoms with van der Waals surface area (Å²) in [6.45, 7) is 2.21. The van der Waals surface area contributed by atoms with Crippen LogP contribution in [0.15, 0.2) is 35.1 Å². The van der Waals surface area contributed by atoms with Gasteiger partial charge in [-0.1, -0.05) is 18.2 Å². The standard InChI is InChI=1S/C12H14N4O3/c1-2-19-11(17)8-9-15-12(18)16(14-13-15)10-6-4-3-5-7-10/h3-7H,2,8-9H2,1H3. The third kappa shape index (κ3) is 3.06. The molecule has 0 radical (unpaired) electrons. The first-order valence-corrected chi connectivity index (χ1v) is 5.96. The summed E-state index contributed by atoms with van der Waals surface area (Å²) in [6.07, 6.45) is 0.0984. The van der Waals surface area contributed by atoms with Crippen LogP contribution in [-0.4, -0.2) is 32.4 Å². The van der Waals surface area contributed by atoms with Crippen molar-refractivity contribution in [3.05, 3.63) is 40.8 Å². The van der Waals surface area contributed by atoms with Crippen LogP contribution in [-0.2, 0) is 16.1 Å². The van der Waals surface area contributed by atoms with Gasteiger partial charge < -0.3 is 4.74 Å². The summed E-state index contributed by atoms with van der Waals surface area (Å²) < 4.78 is 7.11. The molecule has 0 fully saturated rings. The molecule has 1 aromatic carbocycles. The van der Waals surface area contributed by atoms with Crippen LogP contribution in [0.25, 0.3) is 5.69 Å². The van der Waals surface area contributed by atoms with E-state index in [0.29, 0.717) is 12.3 Å². The van der Waals surface area contributed by atoms with Crippen LogP contribution < -0.4 is 5.69 Å². The number of rotatable bonds is 5. The number of para-hydroxylation sites is 1. The third-order valence-corrected chi connectivity index (χ3v) is 2.47. The largest absolute Gasteiger partial charge is 0.466 e. The number of aromatic nitrogens is 4. The molecular weight excluding hydrogens is 248 g/mol. The first kappa shape index (κ1) is 13.0. The number of carbonyl (C=O) groups is 1. The second-order valence-electron chi connectivity index (χ2n) is 3.79. The lowest BCUT2D eigenvalue weighted by atomic mass is 10.3. The van der Waals surface area contributed by atoms with Gasteiger partial charge in [-0.2, -0.15) is 9.36 Å². The molecule has 2 rings (SSSR count). The van der Waals surface area contributed by atoms with E-state index in [9.17, 15) is 9.59 Å². The Hall–Kier alpha value is -2.44. The fourth-order valence-corrected chi connectivity index (χ4v) is 1.58. The normalized spacial score (nSPS) is 10.4. The van der Waals surface area contributed by atoms with Gasteiger partial charge in [0.25, 0.3) is 0 Å². The maximum atomic E-state index is 12.0. The van der Waals surface area contributed by atoms with Gasteiger partial charge in [-0.15, -0.1) is 0 Å². The molecule has 0 unspecified atom stereocenters. The molecule has 0 saturated carbocycles. The fourth-order valence-electron chi connectivity index (χ4n) is 1.58. The van der Waals surface area contributed by atoms with Gasteiger partial charge in [-0.3, -0.25) is 4.79 Å². The molecule has 0 saturated heterocycles. The highest BCUT2D eigenvalue weighted by Gasteiger charge is 2.10. The zero-order valence-corrected chi connectivity index (χ0v) is 10.5. The van der Waals surface area contributed by atoms with E-state index in [0.717, 1.165) is 4.68 Å². The van der Waals surface area contributed by atoms with Crippen molar-refractivity contribution >= 4 is 5.97 Å². The molecule has 19 heavy (non-hydrogen) atoms. The number of nitrogens with zero attached hydrogens (tertiary/aromatic N) is 4. The van der Waals surface area contributed by atoms with Crippen LogP contribution >= 0.6 is 0 Å². The number of carbonyl (C=O) groups excluding carboxylic acids is 1. The summed E-state index contributed by atoms with van der Waals surface area (Å²) in [5.41, 5.74) is 0.255. The average molecular weight is 262 g/mol. The second-order valence-corrected chi connectivity index (χ2v) is 3.79. The zero-order valence-electron chi connectivity index (χ0n) is 10.5. The molecule has 0 aliphatic heterocycles. The molecule has 1 heterocycles. The maximum Gasteiger partial charge on any atom is 0.368 e. The molecule has 0 atom stereocenters. The Morgan fingerprint density at radius 1 is 1.26 bits per heavy atom. The Morgan fingerprint density at radius 3 is 2.68 bits per heavy atom. The van der Waals surface area contributed by atoms with Crippen molar-refractivity contribution in [2.75, 3.05) is 6.61 Å². The molecule has 0 aliphatic carbocycles. The topological polar surface area (TPSA) is 79.0 Å². The lowest BCUT2D eigenvalue weighted by molar-refractivity contribution is -0.143. The Labute approximate surface area is 109 Å². The predicted molar refractivity (Wildman–Crippen MR) is 66.9 cm³/mol. The predicted octanol–water partition coefficient (Wildman–Crippen LogP) is 0.382. The van der Waals surface area contributed by atoms with Crippen molar-refractivity contribution in [2.45, 2.75) is 19.9 Å². The minimum atomic E-state index is -0.379. The van der Waals surface area contributed by atoms with Gasteiger partial charge in [0, 0.05) is 0 Å². The van der Waals surface area contributed by atoms with Gasteiger partial charge in [0.15, 0.2) is 0 Å². The molecule has 7 nitrogen and oxygen atoms in total. The molecule has 0 spiro atoms. The number of hydrogen-bond acceptors (Lipinski definition) is 5. The van der Waals surface area contributed by atoms with Crippen LogP contribution in [0.1, 0.15) is 13.3 Å². The number of esters is 1. The summed E-state index contributed by atoms with van der Waals surface area (Å²) in [6, 6.07) is 8.97. The van der Waals surface area contributed by atoms with Crippen LogP contribution in [0.2, 0.25) is 0 Å². The van der Waals surface area contributed by atoms with E-state index in [1.165, 1.54) is 4.68 Å². The Morgan fingerprint density at radius 2 is 2.00 bits per heavy atom. The molecule has 0 aliphatic rings.